The normalized spacial score (nSPS) is 13.4. The summed E-state index contributed by atoms with van der Waals surface area (Å²) in [7, 11) is 0. The maximum Gasteiger partial charge on any atom is 0.146 e. The molecule has 1 aromatic rings. The zero-order valence-electron chi connectivity index (χ0n) is 7.38. The van der Waals surface area contributed by atoms with Crippen LogP contribution in [0.4, 0.5) is 0 Å². The lowest BCUT2D eigenvalue weighted by Gasteiger charge is -2.01. The van der Waals surface area contributed by atoms with Gasteiger partial charge in [0.05, 0.1) is 20.6 Å². The molecule has 16 heavy (non-hydrogen) atoms. The zero-order valence-corrected chi connectivity index (χ0v) is 10.5. The molecule has 1 aromatic carbocycles. The van der Waals surface area contributed by atoms with Crippen LogP contribution < -0.4 is 10.6 Å². The standard InChI is InChI=1S/C9HCl3N2OS/c10-4-5(11)7-3(8(15)6(4)12)2(1-13)9(16)14-7/h15H. The first kappa shape index (κ1) is 11.6. The minimum atomic E-state index is -0.328. The molecule has 1 heterocycles. The van der Waals surface area contributed by atoms with Gasteiger partial charge in [-0.15, -0.1) is 0 Å². The van der Waals surface area contributed by atoms with Crippen LogP contribution >= 0.6 is 47.0 Å². The molecule has 7 heteroatoms. The summed E-state index contributed by atoms with van der Waals surface area (Å²) in [6, 6.07) is 1.85. The Morgan fingerprint density at radius 2 is 1.81 bits per heavy atom. The molecule has 0 radical (unpaired) electrons. The highest BCUT2D eigenvalue weighted by Crippen LogP contribution is 2.32. The Kier molecular flexibility index (Phi) is 2.81. The monoisotopic (exact) mass is 290 g/mol. The van der Waals surface area contributed by atoms with Gasteiger partial charge in [-0.3, -0.25) is 0 Å². The smallest absolute Gasteiger partial charge is 0.146 e. The molecular weight excluding hydrogens is 291 g/mol. The van der Waals surface area contributed by atoms with Crippen molar-refractivity contribution >= 4 is 57.6 Å². The van der Waals surface area contributed by atoms with E-state index in [1.807, 2.05) is 6.07 Å². The molecule has 0 fully saturated rings. The Labute approximate surface area is 110 Å². The third-order valence-corrected chi connectivity index (χ3v) is 3.67. The van der Waals surface area contributed by atoms with Gasteiger partial charge >= 0.3 is 0 Å². The lowest BCUT2D eigenvalue weighted by Crippen LogP contribution is -2.25. The second-order valence-corrected chi connectivity index (χ2v) is 4.44. The van der Waals surface area contributed by atoms with Gasteiger partial charge in [-0.05, 0) is 0 Å². The first-order valence-corrected chi connectivity index (χ1v) is 5.46. The van der Waals surface area contributed by atoms with Crippen molar-refractivity contribution in [2.75, 3.05) is 0 Å². The van der Waals surface area contributed by atoms with E-state index < -0.39 is 0 Å². The highest BCUT2D eigenvalue weighted by atomic mass is 35.5. The molecule has 0 bridgehead atoms. The van der Waals surface area contributed by atoms with E-state index in [0.717, 1.165) is 0 Å². The van der Waals surface area contributed by atoms with E-state index >= 15 is 0 Å². The molecule has 0 unspecified atom stereocenters. The summed E-state index contributed by atoms with van der Waals surface area (Å²) in [5.41, 5.74) is 0.0722. The number of phenolic OH excluding ortho intramolecular Hbond substituents is 1. The fraction of sp³-hybridized carbons (Fsp3) is 0. The van der Waals surface area contributed by atoms with E-state index in [9.17, 15) is 5.11 Å². The number of fused-ring (bicyclic) bond motifs is 1. The molecule has 0 aliphatic carbocycles. The Hall–Kier alpha value is -0.860. The SMILES string of the molecule is N#CC1=c2c(O)c(Cl)c(Cl)c(Cl)c2=NC1=S. The van der Waals surface area contributed by atoms with E-state index in [4.69, 9.17) is 52.3 Å². The van der Waals surface area contributed by atoms with Crippen molar-refractivity contribution in [1.29, 1.82) is 5.26 Å². The van der Waals surface area contributed by atoms with Crippen LogP contribution in [0.5, 0.6) is 5.75 Å². The second kappa shape index (κ2) is 3.86. The number of nitriles is 1. The van der Waals surface area contributed by atoms with Crippen LogP contribution in [0.1, 0.15) is 0 Å². The number of phenols is 1. The fourth-order valence-corrected chi connectivity index (χ4v) is 2.23. The number of aromatic hydroxyl groups is 1. The van der Waals surface area contributed by atoms with Gasteiger partial charge in [0.2, 0.25) is 0 Å². The van der Waals surface area contributed by atoms with Crippen molar-refractivity contribution in [3.8, 4) is 11.8 Å². The molecular formula is C9HCl3N2OS. The van der Waals surface area contributed by atoms with Crippen molar-refractivity contribution in [3.63, 3.8) is 0 Å². The summed E-state index contributed by atoms with van der Waals surface area (Å²) in [5, 5.41) is 19.0. The van der Waals surface area contributed by atoms with Crippen molar-refractivity contribution < 1.29 is 5.11 Å². The first-order chi connectivity index (χ1) is 7.49. The summed E-state index contributed by atoms with van der Waals surface area (Å²) in [4.78, 5) is 3.97. The molecule has 3 nitrogen and oxygen atoms in total. The molecule has 1 N–H and O–H groups in total. The summed E-state index contributed by atoms with van der Waals surface area (Å²) < 4.78 is 0. The number of halogens is 3. The molecule has 0 aromatic heterocycles. The number of thiocarbonyl (C=S) groups is 1. The fourth-order valence-electron chi connectivity index (χ4n) is 1.35. The maximum atomic E-state index is 9.78. The number of rotatable bonds is 0. The Balaban J connectivity index is 3.17. The Bertz CT molecular complexity index is 690. The summed E-state index contributed by atoms with van der Waals surface area (Å²) >= 11 is 22.3. The second-order valence-electron chi connectivity index (χ2n) is 2.92. The third kappa shape index (κ3) is 1.40. The molecule has 2 rings (SSSR count). The summed E-state index contributed by atoms with van der Waals surface area (Å²) in [6.45, 7) is 0. The van der Waals surface area contributed by atoms with Crippen molar-refractivity contribution in [3.05, 3.63) is 25.6 Å². The summed E-state index contributed by atoms with van der Waals surface area (Å²) in [6.07, 6.45) is 0. The minimum absolute atomic E-state index is 0.00896. The molecule has 80 valence electrons. The Morgan fingerprint density at radius 1 is 1.19 bits per heavy atom. The van der Waals surface area contributed by atoms with Gasteiger partial charge in [-0.2, -0.15) is 5.26 Å². The molecule has 0 saturated carbocycles. The lowest BCUT2D eigenvalue weighted by molar-refractivity contribution is 0.470. The maximum absolute atomic E-state index is 9.78. The lowest BCUT2D eigenvalue weighted by atomic mass is 10.2. The first-order valence-electron chi connectivity index (χ1n) is 3.92. The van der Waals surface area contributed by atoms with E-state index in [1.54, 1.807) is 0 Å². The van der Waals surface area contributed by atoms with E-state index in [2.05, 4.69) is 4.99 Å². The van der Waals surface area contributed by atoms with Gasteiger partial charge in [0.1, 0.15) is 27.4 Å². The van der Waals surface area contributed by atoms with Crippen LogP contribution in [0.2, 0.25) is 15.1 Å². The van der Waals surface area contributed by atoms with E-state index in [1.165, 1.54) is 0 Å². The molecule has 1 aliphatic rings. The highest BCUT2D eigenvalue weighted by Gasteiger charge is 2.22. The van der Waals surface area contributed by atoms with E-state index in [0.29, 0.717) is 0 Å². The van der Waals surface area contributed by atoms with Crippen LogP contribution in [0.15, 0.2) is 4.99 Å². The van der Waals surface area contributed by atoms with Gasteiger partial charge in [-0.1, -0.05) is 47.0 Å². The molecule has 0 amide bonds. The number of hydrogen-bond acceptors (Lipinski definition) is 3. The van der Waals surface area contributed by atoms with Crippen LogP contribution in [0.25, 0.3) is 5.57 Å². The van der Waals surface area contributed by atoms with Crippen LogP contribution in [-0.4, -0.2) is 10.1 Å². The summed E-state index contributed by atoms with van der Waals surface area (Å²) in [5.74, 6) is -0.328. The van der Waals surface area contributed by atoms with Crippen LogP contribution in [0.3, 0.4) is 0 Å². The van der Waals surface area contributed by atoms with Gasteiger partial charge in [0.15, 0.2) is 0 Å². The average Bonchev–Trinajstić information content (AvgIpc) is 2.60. The highest BCUT2D eigenvalue weighted by molar-refractivity contribution is 7.81. The molecule has 0 saturated heterocycles. The quantitative estimate of drug-likeness (QED) is 0.587. The predicted molar refractivity (Wildman–Crippen MR) is 65.5 cm³/mol. The number of hydrogen-bond donors (Lipinski definition) is 1. The molecule has 0 spiro atoms. The van der Waals surface area contributed by atoms with Gasteiger partial charge < -0.3 is 5.11 Å². The third-order valence-electron chi connectivity index (χ3n) is 2.06. The molecule has 1 aliphatic heterocycles. The Morgan fingerprint density at radius 3 is 2.38 bits per heavy atom. The van der Waals surface area contributed by atoms with Crippen molar-refractivity contribution in [1.82, 2.24) is 0 Å². The molecule has 0 atom stereocenters. The zero-order chi connectivity index (χ0) is 12.0. The van der Waals surface area contributed by atoms with Crippen molar-refractivity contribution in [2.24, 2.45) is 4.99 Å². The minimum Gasteiger partial charge on any atom is -0.506 e. The van der Waals surface area contributed by atoms with E-state index in [-0.39, 0.29) is 42.0 Å². The van der Waals surface area contributed by atoms with Gasteiger partial charge in [-0.25, -0.2) is 4.99 Å². The van der Waals surface area contributed by atoms with Gasteiger partial charge in [0, 0.05) is 0 Å². The van der Waals surface area contributed by atoms with Gasteiger partial charge in [0.25, 0.3) is 0 Å². The number of benzene rings is 1. The van der Waals surface area contributed by atoms with Crippen LogP contribution in [-0.2, 0) is 0 Å². The average molecular weight is 292 g/mol. The number of nitrogens with zero attached hydrogens (tertiary/aromatic N) is 2. The largest absolute Gasteiger partial charge is 0.506 e. The van der Waals surface area contributed by atoms with Crippen molar-refractivity contribution in [2.45, 2.75) is 0 Å². The predicted octanol–water partition coefficient (Wildman–Crippen LogP) is 1.99. The van der Waals surface area contributed by atoms with Crippen LogP contribution in [0, 0.1) is 11.3 Å². The topological polar surface area (TPSA) is 56.4 Å².